The summed E-state index contributed by atoms with van der Waals surface area (Å²) in [5.74, 6) is 1.33. The van der Waals surface area contributed by atoms with Crippen LogP contribution in [0.25, 0.3) is 5.69 Å². The molecule has 17 heteroatoms. The van der Waals surface area contributed by atoms with Crippen molar-refractivity contribution in [3.8, 4) is 17.2 Å². The van der Waals surface area contributed by atoms with Crippen molar-refractivity contribution >= 4 is 57.5 Å². The molecule has 0 aliphatic carbocycles. The third kappa shape index (κ3) is 7.15. The maximum absolute atomic E-state index is 13.0. The summed E-state index contributed by atoms with van der Waals surface area (Å²) in [5, 5.41) is 34.1. The van der Waals surface area contributed by atoms with Crippen molar-refractivity contribution in [1.82, 2.24) is 30.3 Å². The first kappa shape index (κ1) is 30.7. The molecule has 42 heavy (non-hydrogen) atoms. The van der Waals surface area contributed by atoms with Gasteiger partial charge in [0.2, 0.25) is 11.0 Å². The van der Waals surface area contributed by atoms with Gasteiger partial charge in [-0.3, -0.25) is 29.6 Å². The number of amides is 2. The summed E-state index contributed by atoms with van der Waals surface area (Å²) in [7, 11) is 3.04. The maximum Gasteiger partial charge on any atom is 0.273 e. The first-order chi connectivity index (χ1) is 20.2. The van der Waals surface area contributed by atoms with E-state index < -0.39 is 10.8 Å². The standard InChI is InChI=1S/C25H26N8O6S3/c1-5-40-25-31-29-23(42-25)27-21(34)13-41-24-30-28-20(32(24)18-11-15(38-3)9-10-19(18)39-4)12-26-22(35)16-7-6-8-17(14(16)2)33(36)37/h6-11H,5,12-13H2,1-4H3,(H,26,35)(H,27,29,34). The summed E-state index contributed by atoms with van der Waals surface area (Å²) in [6, 6.07) is 9.46. The van der Waals surface area contributed by atoms with Gasteiger partial charge in [0, 0.05) is 23.3 Å². The van der Waals surface area contributed by atoms with Crippen LogP contribution in [0.2, 0.25) is 0 Å². The van der Waals surface area contributed by atoms with Gasteiger partial charge in [-0.2, -0.15) is 0 Å². The molecule has 0 aliphatic rings. The van der Waals surface area contributed by atoms with Gasteiger partial charge in [0.15, 0.2) is 15.3 Å². The first-order valence-corrected chi connectivity index (χ1v) is 15.1. The van der Waals surface area contributed by atoms with Crippen molar-refractivity contribution in [1.29, 1.82) is 0 Å². The molecular formula is C25H26N8O6S3. The van der Waals surface area contributed by atoms with Gasteiger partial charge in [0.1, 0.15) is 11.5 Å². The largest absolute Gasteiger partial charge is 0.497 e. The first-order valence-electron chi connectivity index (χ1n) is 12.3. The summed E-state index contributed by atoms with van der Waals surface area (Å²) < 4.78 is 13.4. The summed E-state index contributed by atoms with van der Waals surface area (Å²) in [5.41, 5.74) is 0.773. The molecular weight excluding hydrogens is 605 g/mol. The van der Waals surface area contributed by atoms with Gasteiger partial charge in [-0.25, -0.2) is 0 Å². The van der Waals surface area contributed by atoms with E-state index in [9.17, 15) is 19.7 Å². The average Bonchev–Trinajstić information content (AvgIpc) is 3.60. The van der Waals surface area contributed by atoms with E-state index in [2.05, 4.69) is 31.0 Å². The summed E-state index contributed by atoms with van der Waals surface area (Å²) in [6.07, 6.45) is 0. The number of anilines is 1. The Morgan fingerprint density at radius 2 is 1.90 bits per heavy atom. The molecule has 0 bridgehead atoms. The fourth-order valence-electron chi connectivity index (χ4n) is 3.77. The molecule has 0 spiro atoms. The van der Waals surface area contributed by atoms with Gasteiger partial charge in [-0.15, -0.1) is 20.4 Å². The highest BCUT2D eigenvalue weighted by Crippen LogP contribution is 2.32. The number of thioether (sulfide) groups is 2. The molecule has 0 saturated heterocycles. The van der Waals surface area contributed by atoms with E-state index in [1.807, 2.05) is 6.92 Å². The Labute approximate surface area is 252 Å². The molecule has 220 valence electrons. The van der Waals surface area contributed by atoms with E-state index >= 15 is 0 Å². The Hall–Kier alpha value is -4.22. The summed E-state index contributed by atoms with van der Waals surface area (Å²) in [6.45, 7) is 3.44. The number of benzene rings is 2. The molecule has 14 nitrogen and oxygen atoms in total. The molecule has 4 aromatic rings. The molecule has 0 saturated carbocycles. The third-order valence-electron chi connectivity index (χ3n) is 5.73. The number of ether oxygens (including phenoxy) is 2. The van der Waals surface area contributed by atoms with Crippen LogP contribution in [0.1, 0.15) is 28.7 Å². The van der Waals surface area contributed by atoms with Gasteiger partial charge in [0.25, 0.3) is 11.6 Å². The van der Waals surface area contributed by atoms with Crippen LogP contribution >= 0.6 is 34.9 Å². The number of nitro groups is 1. The Morgan fingerprint density at radius 1 is 1.10 bits per heavy atom. The number of methoxy groups -OCH3 is 2. The van der Waals surface area contributed by atoms with Crippen molar-refractivity contribution in [2.24, 2.45) is 0 Å². The average molecular weight is 631 g/mol. The van der Waals surface area contributed by atoms with Gasteiger partial charge in [-0.05, 0) is 30.9 Å². The van der Waals surface area contributed by atoms with Crippen molar-refractivity contribution in [2.75, 3.05) is 31.0 Å². The van der Waals surface area contributed by atoms with Gasteiger partial charge in [-0.1, -0.05) is 47.9 Å². The quantitative estimate of drug-likeness (QED) is 0.0936. The lowest BCUT2D eigenvalue weighted by Gasteiger charge is -2.15. The second-order valence-electron chi connectivity index (χ2n) is 8.30. The number of hydrogen-bond donors (Lipinski definition) is 2. The highest BCUT2D eigenvalue weighted by Gasteiger charge is 2.22. The smallest absolute Gasteiger partial charge is 0.273 e. The molecule has 2 aromatic heterocycles. The van der Waals surface area contributed by atoms with Crippen molar-refractivity contribution in [3.63, 3.8) is 0 Å². The molecule has 2 aromatic carbocycles. The molecule has 2 amide bonds. The maximum atomic E-state index is 13.0. The van der Waals surface area contributed by atoms with Crippen LogP contribution in [0.3, 0.4) is 0 Å². The third-order valence-corrected chi connectivity index (χ3v) is 8.52. The lowest BCUT2D eigenvalue weighted by Crippen LogP contribution is -2.25. The molecule has 2 heterocycles. The topological polar surface area (TPSA) is 176 Å². The lowest BCUT2D eigenvalue weighted by molar-refractivity contribution is -0.385. The highest BCUT2D eigenvalue weighted by atomic mass is 32.2. The number of aromatic nitrogens is 5. The Balaban J connectivity index is 1.59. The number of carbonyl (C=O) groups is 2. The Morgan fingerprint density at radius 3 is 2.62 bits per heavy atom. The Kier molecular flexibility index (Phi) is 10.3. The minimum absolute atomic E-state index is 0.0144. The number of hydrogen-bond acceptors (Lipinski definition) is 13. The number of rotatable bonds is 13. The van der Waals surface area contributed by atoms with Crippen molar-refractivity contribution < 1.29 is 24.0 Å². The van der Waals surface area contributed by atoms with Crippen LogP contribution in [0.15, 0.2) is 45.9 Å². The number of nitrogens with one attached hydrogen (secondary N) is 2. The number of carbonyl (C=O) groups excluding carboxylic acids is 2. The van der Waals surface area contributed by atoms with E-state index in [0.717, 1.165) is 21.9 Å². The second kappa shape index (κ2) is 14.1. The molecule has 0 unspecified atom stereocenters. The Bertz CT molecular complexity index is 1610. The fraction of sp³-hybridized carbons (Fsp3) is 0.280. The highest BCUT2D eigenvalue weighted by molar-refractivity contribution is 8.01. The predicted octanol–water partition coefficient (Wildman–Crippen LogP) is 4.13. The zero-order chi connectivity index (χ0) is 30.2. The molecule has 0 atom stereocenters. The van der Waals surface area contributed by atoms with E-state index in [1.165, 1.54) is 62.4 Å². The van der Waals surface area contributed by atoms with Crippen LogP contribution in [-0.4, -0.2) is 67.4 Å². The number of nitrogens with zero attached hydrogens (tertiary/aromatic N) is 6. The van der Waals surface area contributed by atoms with Crippen LogP contribution in [0.4, 0.5) is 10.8 Å². The molecule has 0 radical (unpaired) electrons. The summed E-state index contributed by atoms with van der Waals surface area (Å²) >= 11 is 3.95. The fourth-order valence-corrected chi connectivity index (χ4v) is 6.20. The zero-order valence-corrected chi connectivity index (χ0v) is 25.4. The monoisotopic (exact) mass is 630 g/mol. The van der Waals surface area contributed by atoms with Crippen molar-refractivity contribution in [3.05, 3.63) is 63.5 Å². The normalized spacial score (nSPS) is 10.8. The SMILES string of the molecule is CCSc1nnc(NC(=O)CSc2nnc(CNC(=O)c3cccc([N+](=O)[O-])c3C)n2-c2cc(OC)ccc2OC)s1. The van der Waals surface area contributed by atoms with Gasteiger partial charge in [0.05, 0.1) is 37.1 Å². The van der Waals surface area contributed by atoms with Crippen LogP contribution in [-0.2, 0) is 11.3 Å². The van der Waals surface area contributed by atoms with Gasteiger partial charge < -0.3 is 14.8 Å². The molecule has 2 N–H and O–H groups in total. The van der Waals surface area contributed by atoms with E-state index in [0.29, 0.717) is 33.3 Å². The van der Waals surface area contributed by atoms with Crippen molar-refractivity contribution in [2.45, 2.75) is 29.9 Å². The molecule has 0 fully saturated rings. The van der Waals surface area contributed by atoms with Crippen LogP contribution in [0.5, 0.6) is 11.5 Å². The van der Waals surface area contributed by atoms with E-state index in [4.69, 9.17) is 9.47 Å². The predicted molar refractivity (Wildman–Crippen MR) is 159 cm³/mol. The molecule has 0 aliphatic heterocycles. The zero-order valence-electron chi connectivity index (χ0n) is 22.9. The minimum Gasteiger partial charge on any atom is -0.497 e. The van der Waals surface area contributed by atoms with E-state index in [-0.39, 0.29) is 35.0 Å². The van der Waals surface area contributed by atoms with Crippen LogP contribution in [0, 0.1) is 17.0 Å². The van der Waals surface area contributed by atoms with Crippen LogP contribution < -0.4 is 20.1 Å². The lowest BCUT2D eigenvalue weighted by atomic mass is 10.1. The molecule has 4 rings (SSSR count). The number of nitro benzene ring substituents is 1. The minimum atomic E-state index is -0.536. The van der Waals surface area contributed by atoms with Gasteiger partial charge >= 0.3 is 0 Å². The second-order valence-corrected chi connectivity index (χ2v) is 11.7. The summed E-state index contributed by atoms with van der Waals surface area (Å²) in [4.78, 5) is 36.5. The van der Waals surface area contributed by atoms with E-state index in [1.54, 1.807) is 22.8 Å².